The van der Waals surface area contributed by atoms with Crippen LogP contribution in [0.25, 0.3) is 0 Å². The normalized spacial score (nSPS) is 12.4. The monoisotopic (exact) mass is 342 g/mol. The molecule has 1 aliphatic heterocycles. The molecule has 1 aliphatic rings. The summed E-state index contributed by atoms with van der Waals surface area (Å²) in [6, 6.07) is 8.21. The second kappa shape index (κ2) is 7.21. The molecule has 2 aromatic rings. The molecule has 0 N–H and O–H groups in total. The van der Waals surface area contributed by atoms with Crippen LogP contribution in [0.3, 0.4) is 0 Å². The third-order valence-electron chi connectivity index (χ3n) is 3.64. The zero-order valence-electron chi connectivity index (χ0n) is 14.0. The molecule has 0 atom stereocenters. The van der Waals surface area contributed by atoms with Crippen molar-refractivity contribution in [3.63, 3.8) is 0 Å². The van der Waals surface area contributed by atoms with E-state index in [9.17, 15) is 9.59 Å². The molecule has 1 aromatic heterocycles. The molecule has 0 unspecified atom stereocenters. The van der Waals surface area contributed by atoms with E-state index >= 15 is 0 Å². The van der Waals surface area contributed by atoms with Gasteiger partial charge in [0.05, 0.1) is 5.56 Å². The fourth-order valence-corrected chi connectivity index (χ4v) is 2.29. The summed E-state index contributed by atoms with van der Waals surface area (Å²) < 4.78 is 15.9. The van der Waals surface area contributed by atoms with Crippen molar-refractivity contribution >= 4 is 17.6 Å². The molecule has 0 saturated heterocycles. The molecule has 7 heteroatoms. The number of ketones is 1. The number of ether oxygens (including phenoxy) is 3. The van der Waals surface area contributed by atoms with E-state index in [1.54, 1.807) is 30.3 Å². The van der Waals surface area contributed by atoms with Gasteiger partial charge in [-0.05, 0) is 30.3 Å². The van der Waals surface area contributed by atoms with E-state index < -0.39 is 5.97 Å². The number of pyridine rings is 1. The number of carbonyl (C=O) groups is 2. The van der Waals surface area contributed by atoms with Gasteiger partial charge < -0.3 is 19.1 Å². The molecule has 3 rings (SSSR count). The van der Waals surface area contributed by atoms with Gasteiger partial charge in [0.1, 0.15) is 19.0 Å². The molecular formula is C18H18N2O5. The van der Waals surface area contributed by atoms with E-state index in [1.165, 1.54) is 6.20 Å². The largest absolute Gasteiger partial charge is 0.486 e. The minimum absolute atomic E-state index is 0.292. The maximum Gasteiger partial charge on any atom is 0.340 e. The number of carbonyl (C=O) groups excluding carboxylic acids is 2. The topological polar surface area (TPSA) is 78.0 Å². The lowest BCUT2D eigenvalue weighted by Crippen LogP contribution is -2.17. The molecule has 0 aliphatic carbocycles. The van der Waals surface area contributed by atoms with Crippen LogP contribution in [0.5, 0.6) is 11.5 Å². The predicted octanol–water partition coefficient (Wildman–Crippen LogP) is 1.96. The number of Topliss-reactive ketones (excluding diaryl/α,β-unsaturated/α-hetero) is 1. The van der Waals surface area contributed by atoms with Gasteiger partial charge >= 0.3 is 5.97 Å². The van der Waals surface area contributed by atoms with Crippen LogP contribution in [0.4, 0.5) is 5.82 Å². The Labute approximate surface area is 145 Å². The van der Waals surface area contributed by atoms with Crippen molar-refractivity contribution in [2.75, 3.05) is 38.8 Å². The first-order valence-corrected chi connectivity index (χ1v) is 7.78. The predicted molar refractivity (Wildman–Crippen MR) is 90.6 cm³/mol. The fraction of sp³-hybridized carbons (Fsp3) is 0.278. The first-order valence-electron chi connectivity index (χ1n) is 7.78. The average molecular weight is 342 g/mol. The van der Waals surface area contributed by atoms with Crippen LogP contribution in [0.2, 0.25) is 0 Å². The number of fused-ring (bicyclic) bond motifs is 1. The van der Waals surface area contributed by atoms with Crippen LogP contribution in [-0.2, 0) is 4.74 Å². The van der Waals surface area contributed by atoms with Gasteiger partial charge in [-0.15, -0.1) is 0 Å². The van der Waals surface area contributed by atoms with Gasteiger partial charge in [-0.2, -0.15) is 0 Å². The molecule has 1 aromatic carbocycles. The lowest BCUT2D eigenvalue weighted by atomic mass is 10.1. The quantitative estimate of drug-likeness (QED) is 0.607. The molecule has 0 saturated carbocycles. The van der Waals surface area contributed by atoms with Crippen molar-refractivity contribution in [3.8, 4) is 11.5 Å². The number of rotatable bonds is 5. The molecule has 0 bridgehead atoms. The Morgan fingerprint density at radius 1 is 1.08 bits per heavy atom. The maximum atomic E-state index is 12.2. The Kier molecular flexibility index (Phi) is 4.83. The minimum Gasteiger partial charge on any atom is -0.486 e. The van der Waals surface area contributed by atoms with Crippen molar-refractivity contribution in [3.05, 3.63) is 47.7 Å². The number of aromatic nitrogens is 1. The highest BCUT2D eigenvalue weighted by molar-refractivity contribution is 5.99. The molecule has 0 amide bonds. The summed E-state index contributed by atoms with van der Waals surface area (Å²) in [6.45, 7) is 0.571. The van der Waals surface area contributed by atoms with Gasteiger partial charge in [0.2, 0.25) is 0 Å². The zero-order valence-corrected chi connectivity index (χ0v) is 14.0. The molecule has 0 spiro atoms. The smallest absolute Gasteiger partial charge is 0.340 e. The van der Waals surface area contributed by atoms with Crippen molar-refractivity contribution in [1.82, 2.24) is 4.98 Å². The van der Waals surface area contributed by atoms with Gasteiger partial charge in [-0.1, -0.05) is 0 Å². The van der Waals surface area contributed by atoms with Crippen LogP contribution in [0, 0.1) is 0 Å². The summed E-state index contributed by atoms with van der Waals surface area (Å²) in [6.07, 6.45) is 1.42. The zero-order chi connectivity index (χ0) is 17.8. The van der Waals surface area contributed by atoms with Gasteiger partial charge in [0.25, 0.3) is 0 Å². The summed E-state index contributed by atoms with van der Waals surface area (Å²) in [7, 11) is 3.71. The summed E-state index contributed by atoms with van der Waals surface area (Å²) >= 11 is 0. The van der Waals surface area contributed by atoms with Crippen molar-refractivity contribution in [2.45, 2.75) is 0 Å². The molecule has 25 heavy (non-hydrogen) atoms. The van der Waals surface area contributed by atoms with E-state index in [-0.39, 0.29) is 12.4 Å². The Balaban J connectivity index is 1.61. The summed E-state index contributed by atoms with van der Waals surface area (Å²) in [5, 5.41) is 0. The number of hydrogen-bond acceptors (Lipinski definition) is 7. The Hall–Kier alpha value is -3.09. The lowest BCUT2D eigenvalue weighted by molar-refractivity contribution is 0.0474. The van der Waals surface area contributed by atoms with Crippen LogP contribution in [-0.4, -0.2) is 50.7 Å². The molecule has 2 heterocycles. The third-order valence-corrected chi connectivity index (χ3v) is 3.64. The van der Waals surface area contributed by atoms with E-state index in [0.717, 1.165) is 5.82 Å². The molecular weight excluding hydrogens is 324 g/mol. The molecule has 7 nitrogen and oxygen atoms in total. The van der Waals surface area contributed by atoms with Crippen molar-refractivity contribution in [1.29, 1.82) is 0 Å². The summed E-state index contributed by atoms with van der Waals surface area (Å²) in [4.78, 5) is 30.2. The standard InChI is InChI=1S/C18H18N2O5/c1-20(2)17-6-4-13(10-19-17)18(22)25-11-14(21)12-3-5-15-16(9-12)24-8-7-23-15/h3-6,9-10H,7-8,11H2,1-2H3. The van der Waals surface area contributed by atoms with Crippen molar-refractivity contribution < 1.29 is 23.8 Å². The lowest BCUT2D eigenvalue weighted by Gasteiger charge is -2.18. The maximum absolute atomic E-state index is 12.2. The Morgan fingerprint density at radius 3 is 2.48 bits per heavy atom. The number of esters is 1. The van der Waals surface area contributed by atoms with Crippen molar-refractivity contribution in [2.24, 2.45) is 0 Å². The summed E-state index contributed by atoms with van der Waals surface area (Å²) in [5.74, 6) is 0.939. The van der Waals surface area contributed by atoms with E-state index in [1.807, 2.05) is 19.0 Å². The minimum atomic E-state index is -0.594. The molecule has 0 fully saturated rings. The number of anilines is 1. The van der Waals surface area contributed by atoms with E-state index in [2.05, 4.69) is 4.98 Å². The second-order valence-electron chi connectivity index (χ2n) is 5.66. The molecule has 0 radical (unpaired) electrons. The fourth-order valence-electron chi connectivity index (χ4n) is 2.29. The van der Waals surface area contributed by atoms with Crippen LogP contribution < -0.4 is 14.4 Å². The summed E-state index contributed by atoms with van der Waals surface area (Å²) in [5.41, 5.74) is 0.693. The van der Waals surface area contributed by atoms with Crippen LogP contribution >= 0.6 is 0 Å². The molecule has 130 valence electrons. The Morgan fingerprint density at radius 2 is 1.80 bits per heavy atom. The highest BCUT2D eigenvalue weighted by atomic mass is 16.6. The first kappa shape index (κ1) is 16.8. The van der Waals surface area contributed by atoms with E-state index in [4.69, 9.17) is 14.2 Å². The number of nitrogens with zero attached hydrogens (tertiary/aromatic N) is 2. The van der Waals surface area contributed by atoms with Crippen LogP contribution in [0.15, 0.2) is 36.5 Å². The van der Waals surface area contributed by atoms with Gasteiger partial charge in [-0.3, -0.25) is 4.79 Å². The van der Waals surface area contributed by atoms with Gasteiger partial charge in [0, 0.05) is 25.9 Å². The number of benzene rings is 1. The highest BCUT2D eigenvalue weighted by Crippen LogP contribution is 2.30. The Bertz CT molecular complexity index is 787. The van der Waals surface area contributed by atoms with Crippen LogP contribution in [0.1, 0.15) is 20.7 Å². The van der Waals surface area contributed by atoms with E-state index in [0.29, 0.717) is 35.8 Å². The van der Waals surface area contributed by atoms with Gasteiger partial charge in [-0.25, -0.2) is 9.78 Å². The number of hydrogen-bond donors (Lipinski definition) is 0. The second-order valence-corrected chi connectivity index (χ2v) is 5.66. The third kappa shape index (κ3) is 3.88. The highest BCUT2D eigenvalue weighted by Gasteiger charge is 2.17. The average Bonchev–Trinajstić information content (AvgIpc) is 2.65. The van der Waals surface area contributed by atoms with Gasteiger partial charge in [0.15, 0.2) is 23.9 Å². The SMILES string of the molecule is CN(C)c1ccc(C(=O)OCC(=O)c2ccc3c(c2)OCCO3)cn1. The first-order chi connectivity index (χ1) is 12.0.